The maximum atomic E-state index is 13.5. The van der Waals surface area contributed by atoms with Crippen LogP contribution in [0.15, 0.2) is 82.7 Å². The lowest BCUT2D eigenvalue weighted by molar-refractivity contribution is 0.627. The molecular weight excluding hydrogens is 437 g/mol. The summed E-state index contributed by atoms with van der Waals surface area (Å²) in [7, 11) is 1.92. The summed E-state index contributed by atoms with van der Waals surface area (Å²) in [6, 6.07) is 21.2. The van der Waals surface area contributed by atoms with Gasteiger partial charge >= 0.3 is 0 Å². The van der Waals surface area contributed by atoms with Gasteiger partial charge in [-0.3, -0.25) is 9.36 Å². The van der Waals surface area contributed by atoms with Crippen LogP contribution in [0.3, 0.4) is 0 Å². The minimum atomic E-state index is -0.362. The van der Waals surface area contributed by atoms with Gasteiger partial charge in [-0.2, -0.15) is 0 Å². The summed E-state index contributed by atoms with van der Waals surface area (Å²) in [4.78, 5) is 18.1. The minimum absolute atomic E-state index is 0.193. The van der Waals surface area contributed by atoms with Gasteiger partial charge in [0.05, 0.1) is 22.3 Å². The van der Waals surface area contributed by atoms with Crippen molar-refractivity contribution in [2.45, 2.75) is 17.8 Å². The second-order valence-corrected chi connectivity index (χ2v) is 8.63. The van der Waals surface area contributed by atoms with Crippen molar-refractivity contribution in [2.24, 2.45) is 7.05 Å². The highest BCUT2D eigenvalue weighted by Gasteiger charge is 2.16. The molecule has 5 aromatic rings. The van der Waals surface area contributed by atoms with Crippen molar-refractivity contribution in [3.63, 3.8) is 0 Å². The molecule has 6 nitrogen and oxygen atoms in total. The van der Waals surface area contributed by atoms with E-state index in [2.05, 4.69) is 16.3 Å². The van der Waals surface area contributed by atoms with Crippen molar-refractivity contribution in [3.05, 3.63) is 100 Å². The predicted molar refractivity (Wildman–Crippen MR) is 128 cm³/mol. The molecule has 5 rings (SSSR count). The number of benzene rings is 3. The molecule has 0 bridgehead atoms. The Hall–Kier alpha value is -3.78. The van der Waals surface area contributed by atoms with Gasteiger partial charge in [-0.05, 0) is 49.4 Å². The third-order valence-corrected chi connectivity index (χ3v) is 6.39. The van der Waals surface area contributed by atoms with Crippen LogP contribution in [-0.2, 0) is 12.8 Å². The van der Waals surface area contributed by atoms with Crippen LogP contribution in [0.25, 0.3) is 28.0 Å². The molecule has 0 saturated carbocycles. The number of fused-ring (bicyclic) bond motifs is 1. The van der Waals surface area contributed by atoms with Crippen LogP contribution < -0.4 is 5.56 Å². The van der Waals surface area contributed by atoms with E-state index in [0.717, 1.165) is 17.0 Å². The first-order chi connectivity index (χ1) is 16.0. The molecule has 0 unspecified atom stereocenters. The number of halogens is 1. The summed E-state index contributed by atoms with van der Waals surface area (Å²) in [6.07, 6.45) is 0. The number of nitrogens with zero attached hydrogens (tertiary/aromatic N) is 5. The van der Waals surface area contributed by atoms with Crippen molar-refractivity contribution >= 4 is 22.7 Å². The van der Waals surface area contributed by atoms with Gasteiger partial charge in [0.1, 0.15) is 11.6 Å². The van der Waals surface area contributed by atoms with Crippen LogP contribution in [0.4, 0.5) is 4.39 Å². The highest BCUT2D eigenvalue weighted by molar-refractivity contribution is 7.98. The largest absolute Gasteiger partial charge is 0.305 e. The summed E-state index contributed by atoms with van der Waals surface area (Å²) in [5, 5.41) is 9.92. The zero-order valence-electron chi connectivity index (χ0n) is 18.1. The fourth-order valence-electron chi connectivity index (χ4n) is 3.74. The van der Waals surface area contributed by atoms with Crippen molar-refractivity contribution in [1.82, 2.24) is 24.3 Å². The van der Waals surface area contributed by atoms with Crippen LogP contribution in [0.2, 0.25) is 0 Å². The fourth-order valence-corrected chi connectivity index (χ4v) is 4.57. The van der Waals surface area contributed by atoms with Crippen LogP contribution in [-0.4, -0.2) is 24.3 Å². The monoisotopic (exact) mass is 457 g/mol. The van der Waals surface area contributed by atoms with Crippen molar-refractivity contribution < 1.29 is 4.39 Å². The first kappa shape index (κ1) is 21.1. The Kier molecular flexibility index (Phi) is 5.51. The average molecular weight is 458 g/mol. The Morgan fingerprint density at radius 1 is 0.970 bits per heavy atom. The second kappa shape index (κ2) is 8.63. The molecule has 2 aromatic heterocycles. The molecule has 0 N–H and O–H groups in total. The van der Waals surface area contributed by atoms with Crippen molar-refractivity contribution in [2.75, 3.05) is 0 Å². The molecule has 0 atom stereocenters. The van der Waals surface area contributed by atoms with Crippen molar-refractivity contribution in [1.29, 1.82) is 0 Å². The lowest BCUT2D eigenvalue weighted by Crippen LogP contribution is -2.23. The molecule has 164 valence electrons. The van der Waals surface area contributed by atoms with Crippen LogP contribution in [0, 0.1) is 12.7 Å². The molecular formula is C25H20FN5OS. The first-order valence-corrected chi connectivity index (χ1v) is 11.4. The summed E-state index contributed by atoms with van der Waals surface area (Å²) in [5.74, 6) is 1.34. The Morgan fingerprint density at radius 2 is 1.76 bits per heavy atom. The normalized spacial score (nSPS) is 11.2. The standard InChI is InChI=1S/C25H20FN5OS/c1-16-6-5-7-17(14-16)23-28-29-25(30(23)2)33-15-22-27-21-9-4-3-8-20(21)24(32)31(22)19-12-10-18(26)11-13-19/h3-14H,15H2,1-2H3. The quantitative estimate of drug-likeness (QED) is 0.351. The van der Waals surface area contributed by atoms with Gasteiger partial charge in [-0.1, -0.05) is 47.7 Å². The van der Waals surface area contributed by atoms with E-state index < -0.39 is 0 Å². The third-order valence-electron chi connectivity index (χ3n) is 5.37. The Bertz CT molecular complexity index is 1520. The lowest BCUT2D eigenvalue weighted by atomic mass is 10.1. The maximum Gasteiger partial charge on any atom is 0.265 e. The molecule has 0 amide bonds. The van der Waals surface area contributed by atoms with Gasteiger partial charge in [0.2, 0.25) is 0 Å². The Morgan fingerprint density at radius 3 is 2.55 bits per heavy atom. The highest BCUT2D eigenvalue weighted by Crippen LogP contribution is 2.26. The van der Waals surface area contributed by atoms with E-state index in [1.165, 1.54) is 28.5 Å². The summed E-state index contributed by atoms with van der Waals surface area (Å²) >= 11 is 1.44. The zero-order chi connectivity index (χ0) is 22.9. The lowest BCUT2D eigenvalue weighted by Gasteiger charge is -2.13. The van der Waals surface area contributed by atoms with Gasteiger partial charge in [0.15, 0.2) is 11.0 Å². The zero-order valence-corrected chi connectivity index (χ0v) is 18.9. The predicted octanol–water partition coefficient (Wildman–Crippen LogP) is 4.92. The SMILES string of the molecule is Cc1cccc(-c2nnc(SCc3nc4ccccc4c(=O)n3-c3ccc(F)cc3)n2C)c1. The number of aromatic nitrogens is 5. The van der Waals surface area contributed by atoms with E-state index in [9.17, 15) is 9.18 Å². The van der Waals surface area contributed by atoms with Gasteiger partial charge < -0.3 is 4.57 Å². The van der Waals surface area contributed by atoms with E-state index in [0.29, 0.717) is 33.3 Å². The molecule has 0 fully saturated rings. The van der Waals surface area contributed by atoms with E-state index in [4.69, 9.17) is 4.98 Å². The van der Waals surface area contributed by atoms with Crippen LogP contribution in [0.5, 0.6) is 0 Å². The van der Waals surface area contributed by atoms with Crippen LogP contribution >= 0.6 is 11.8 Å². The Balaban J connectivity index is 1.54. The molecule has 33 heavy (non-hydrogen) atoms. The molecule has 0 aliphatic rings. The number of hydrogen-bond donors (Lipinski definition) is 0. The number of aryl methyl sites for hydroxylation is 1. The molecule has 8 heteroatoms. The molecule has 0 aliphatic heterocycles. The number of hydrogen-bond acceptors (Lipinski definition) is 5. The minimum Gasteiger partial charge on any atom is -0.305 e. The first-order valence-electron chi connectivity index (χ1n) is 10.4. The number of para-hydroxylation sites is 1. The van der Waals surface area contributed by atoms with E-state index in [1.54, 1.807) is 24.3 Å². The summed E-state index contributed by atoms with van der Waals surface area (Å²) in [6.45, 7) is 2.04. The van der Waals surface area contributed by atoms with Gasteiger partial charge in [0, 0.05) is 12.6 Å². The summed E-state index contributed by atoms with van der Waals surface area (Å²) in [5.41, 5.74) is 3.13. The van der Waals surface area contributed by atoms with E-state index in [-0.39, 0.29) is 11.4 Å². The number of rotatable bonds is 5. The molecule has 2 heterocycles. The van der Waals surface area contributed by atoms with E-state index in [1.807, 2.05) is 48.9 Å². The number of thioether (sulfide) groups is 1. The highest BCUT2D eigenvalue weighted by atomic mass is 32.2. The molecule has 0 spiro atoms. The van der Waals surface area contributed by atoms with Crippen molar-refractivity contribution in [3.8, 4) is 17.1 Å². The average Bonchev–Trinajstić information content (AvgIpc) is 3.19. The Labute approximate surface area is 193 Å². The molecule has 3 aromatic carbocycles. The molecule has 0 saturated heterocycles. The molecule has 0 aliphatic carbocycles. The van der Waals surface area contributed by atoms with Gasteiger partial charge in [0.25, 0.3) is 5.56 Å². The van der Waals surface area contributed by atoms with Gasteiger partial charge in [-0.15, -0.1) is 10.2 Å². The topological polar surface area (TPSA) is 65.6 Å². The summed E-state index contributed by atoms with van der Waals surface area (Å²) < 4.78 is 17.0. The second-order valence-electron chi connectivity index (χ2n) is 7.69. The fraction of sp³-hybridized carbons (Fsp3) is 0.120. The van der Waals surface area contributed by atoms with Crippen LogP contribution in [0.1, 0.15) is 11.4 Å². The molecule has 0 radical (unpaired) electrons. The smallest absolute Gasteiger partial charge is 0.265 e. The van der Waals surface area contributed by atoms with Gasteiger partial charge in [-0.25, -0.2) is 9.37 Å². The third kappa shape index (κ3) is 4.05. The maximum absolute atomic E-state index is 13.5. The van der Waals surface area contributed by atoms with E-state index >= 15 is 0 Å².